The number of hydrogen-bond donors (Lipinski definition) is 2. The zero-order valence-electron chi connectivity index (χ0n) is 19.1. The number of benzene rings is 2. The molecule has 0 bridgehead atoms. The summed E-state index contributed by atoms with van der Waals surface area (Å²) in [6.07, 6.45) is -0.431. The van der Waals surface area contributed by atoms with E-state index in [1.165, 1.54) is 0 Å². The number of ether oxygens (including phenoxy) is 1. The monoisotopic (exact) mass is 539 g/mol. The number of thioether (sulfide) groups is 1. The van der Waals surface area contributed by atoms with Crippen LogP contribution in [0, 0.1) is 11.8 Å². The number of hydrogen-bond acceptors (Lipinski definition) is 7. The Hall–Kier alpha value is -2.82. The van der Waals surface area contributed by atoms with Gasteiger partial charge in [-0.1, -0.05) is 43.1 Å². The highest BCUT2D eigenvalue weighted by Gasteiger charge is 2.44. The number of aryl methyl sites for hydroxylation is 1. The molecule has 0 aliphatic carbocycles. The second kappa shape index (κ2) is 11.3. The third-order valence-corrected chi connectivity index (χ3v) is 7.36. The minimum atomic E-state index is -1.15. The van der Waals surface area contributed by atoms with Crippen molar-refractivity contribution in [2.24, 2.45) is 5.18 Å². The Morgan fingerprint density at radius 3 is 2.49 bits per heavy atom. The summed E-state index contributed by atoms with van der Waals surface area (Å²) in [5.74, 6) is -1.98. The minimum Gasteiger partial charge on any atom is -0.483 e. The molecule has 2 unspecified atom stereocenters. The third-order valence-electron chi connectivity index (χ3n) is 5.30. The molecule has 186 valence electrons. The number of aliphatic carboxylic acids is 1. The maximum Gasteiger partial charge on any atom is 0.305 e. The number of nitroso groups, excluding NO2 is 1. The predicted octanol–water partition coefficient (Wildman–Crippen LogP) is 5.35. The van der Waals surface area contributed by atoms with Crippen LogP contribution in [0.4, 0.5) is 5.69 Å². The lowest BCUT2D eigenvalue weighted by Crippen LogP contribution is -2.47. The Kier molecular flexibility index (Phi) is 8.63. The van der Waals surface area contributed by atoms with Crippen molar-refractivity contribution in [3.05, 3.63) is 62.0 Å². The first-order valence-electron chi connectivity index (χ1n) is 10.6. The third kappa shape index (κ3) is 6.06. The molecule has 12 heteroatoms. The fourth-order valence-electron chi connectivity index (χ4n) is 3.57. The topological polar surface area (TPSA) is 125 Å². The van der Waals surface area contributed by atoms with E-state index in [-0.39, 0.29) is 21.7 Å². The van der Waals surface area contributed by atoms with Crippen LogP contribution in [0.25, 0.3) is 0 Å². The van der Waals surface area contributed by atoms with E-state index in [2.05, 4.69) is 10.6 Å². The molecule has 2 atom stereocenters. The highest BCUT2D eigenvalue weighted by Crippen LogP contribution is 2.47. The number of nitrogens with zero attached hydrogens (tertiary/aromatic N) is 2. The minimum absolute atomic E-state index is 0.00533. The van der Waals surface area contributed by atoms with Crippen molar-refractivity contribution < 1.29 is 24.2 Å². The van der Waals surface area contributed by atoms with Gasteiger partial charge in [0.25, 0.3) is 11.8 Å². The summed E-state index contributed by atoms with van der Waals surface area (Å²) in [6, 6.07) is 8.07. The molecule has 1 heterocycles. The quantitative estimate of drug-likeness (QED) is 0.411. The first-order valence-corrected chi connectivity index (χ1v) is 12.3. The summed E-state index contributed by atoms with van der Waals surface area (Å²) in [7, 11) is 0. The number of carbonyl (C=O) groups is 3. The summed E-state index contributed by atoms with van der Waals surface area (Å²) in [4.78, 5) is 48.1. The van der Waals surface area contributed by atoms with Crippen LogP contribution in [-0.2, 0) is 14.4 Å². The summed E-state index contributed by atoms with van der Waals surface area (Å²) < 4.78 is 5.72. The summed E-state index contributed by atoms with van der Waals surface area (Å²) in [5, 5.41) is 12.0. The lowest BCUT2D eigenvalue weighted by Gasteiger charge is -2.26. The number of rotatable bonds is 9. The fraction of sp³-hybridized carbons (Fsp3) is 0.348. The van der Waals surface area contributed by atoms with Crippen LogP contribution in [0.3, 0.4) is 0 Å². The lowest BCUT2D eigenvalue weighted by atomic mass is 9.99. The Labute approximate surface area is 216 Å². The van der Waals surface area contributed by atoms with E-state index >= 15 is 0 Å². The normalized spacial score (nSPS) is 17.5. The van der Waals surface area contributed by atoms with E-state index in [0.717, 1.165) is 16.8 Å². The van der Waals surface area contributed by atoms with Crippen molar-refractivity contribution in [1.29, 1.82) is 0 Å². The van der Waals surface area contributed by atoms with E-state index < -0.39 is 41.4 Å². The van der Waals surface area contributed by atoms with Crippen molar-refractivity contribution in [2.45, 2.75) is 43.7 Å². The van der Waals surface area contributed by atoms with Gasteiger partial charge >= 0.3 is 5.97 Å². The molecule has 1 aliphatic rings. The number of halogens is 2. The van der Waals surface area contributed by atoms with Crippen LogP contribution < -0.4 is 10.2 Å². The van der Waals surface area contributed by atoms with Gasteiger partial charge < -0.3 is 9.84 Å². The number of amides is 2. The van der Waals surface area contributed by atoms with Crippen LogP contribution >= 0.6 is 35.0 Å². The predicted molar refractivity (Wildman–Crippen MR) is 134 cm³/mol. The highest BCUT2D eigenvalue weighted by molar-refractivity contribution is 8.01. The van der Waals surface area contributed by atoms with Crippen LogP contribution in [-0.4, -0.2) is 39.8 Å². The Balaban J connectivity index is 1.82. The SMILES string of the molecule is Cc1cc(OCC(=O)NN2C(=O)C(CC(=O)O)SC2c2c(Cl)cccc2Cl)c(C(C)C)cc1N=O. The number of carbonyl (C=O) groups excluding carboxylic acids is 2. The molecular weight excluding hydrogens is 517 g/mol. The molecule has 2 amide bonds. The molecule has 0 radical (unpaired) electrons. The van der Waals surface area contributed by atoms with Gasteiger partial charge in [-0.15, -0.1) is 16.7 Å². The second-order valence-corrected chi connectivity index (χ2v) is 10.3. The van der Waals surface area contributed by atoms with Crippen molar-refractivity contribution in [3.63, 3.8) is 0 Å². The van der Waals surface area contributed by atoms with Gasteiger partial charge in [-0.3, -0.25) is 19.8 Å². The van der Waals surface area contributed by atoms with Gasteiger partial charge in [0.1, 0.15) is 16.8 Å². The van der Waals surface area contributed by atoms with E-state index in [4.69, 9.17) is 27.9 Å². The zero-order valence-corrected chi connectivity index (χ0v) is 21.4. The molecule has 2 N–H and O–H groups in total. The standard InChI is InChI=1S/C23H23Cl2N3O6S/c1-11(2)13-8-16(27-33)12(3)7-17(13)34-10-19(29)26-28-22(32)18(9-20(30)31)35-23(28)21-14(24)5-4-6-15(21)25/h4-8,11,18,23H,9-10H2,1-3H3,(H,26,29)(H,30,31). The van der Waals surface area contributed by atoms with Gasteiger partial charge in [0.2, 0.25) is 0 Å². The smallest absolute Gasteiger partial charge is 0.305 e. The molecule has 0 aromatic heterocycles. The number of nitrogens with one attached hydrogen (secondary N) is 1. The van der Waals surface area contributed by atoms with Crippen LogP contribution in [0.2, 0.25) is 10.0 Å². The fourth-order valence-corrected chi connectivity index (χ4v) is 5.75. The van der Waals surface area contributed by atoms with E-state index in [1.54, 1.807) is 37.3 Å². The van der Waals surface area contributed by atoms with Gasteiger partial charge in [0, 0.05) is 15.6 Å². The lowest BCUT2D eigenvalue weighted by molar-refractivity contribution is -0.144. The number of carboxylic acid groups (broad SMARTS) is 1. The Bertz CT molecular complexity index is 1160. The van der Waals surface area contributed by atoms with Crippen LogP contribution in [0.1, 0.15) is 48.3 Å². The van der Waals surface area contributed by atoms with Crippen LogP contribution in [0.5, 0.6) is 5.75 Å². The molecule has 0 spiro atoms. The molecule has 35 heavy (non-hydrogen) atoms. The highest BCUT2D eigenvalue weighted by atomic mass is 35.5. The van der Waals surface area contributed by atoms with Gasteiger partial charge in [-0.05, 0) is 53.4 Å². The Morgan fingerprint density at radius 2 is 1.91 bits per heavy atom. The van der Waals surface area contributed by atoms with Crippen molar-refractivity contribution in [3.8, 4) is 5.75 Å². The maximum absolute atomic E-state index is 13.0. The summed E-state index contributed by atoms with van der Waals surface area (Å²) >= 11 is 13.7. The largest absolute Gasteiger partial charge is 0.483 e. The van der Waals surface area contributed by atoms with Crippen molar-refractivity contribution >= 4 is 58.4 Å². The molecule has 1 fully saturated rings. The van der Waals surface area contributed by atoms with Gasteiger partial charge in [0.15, 0.2) is 6.61 Å². The Morgan fingerprint density at radius 1 is 1.26 bits per heavy atom. The van der Waals surface area contributed by atoms with E-state index in [1.807, 2.05) is 13.8 Å². The van der Waals surface area contributed by atoms with Crippen molar-refractivity contribution in [1.82, 2.24) is 10.4 Å². The first kappa shape index (κ1) is 26.8. The van der Waals surface area contributed by atoms with Gasteiger partial charge in [-0.2, -0.15) is 0 Å². The molecular formula is C23H23Cl2N3O6S. The number of hydrazine groups is 1. The summed E-state index contributed by atoms with van der Waals surface area (Å²) in [5.41, 5.74) is 4.48. The van der Waals surface area contributed by atoms with Crippen LogP contribution in [0.15, 0.2) is 35.5 Å². The average Bonchev–Trinajstić information content (AvgIpc) is 3.06. The van der Waals surface area contributed by atoms with E-state index in [9.17, 15) is 24.4 Å². The molecule has 2 aromatic rings. The zero-order chi connectivity index (χ0) is 25.9. The molecule has 2 aromatic carbocycles. The van der Waals surface area contributed by atoms with Gasteiger partial charge in [0.05, 0.1) is 11.7 Å². The molecule has 0 saturated carbocycles. The average molecular weight is 540 g/mol. The molecule has 1 aliphatic heterocycles. The maximum atomic E-state index is 13.0. The van der Waals surface area contributed by atoms with E-state index in [0.29, 0.717) is 22.4 Å². The molecule has 9 nitrogen and oxygen atoms in total. The number of carboxylic acids is 1. The molecule has 1 saturated heterocycles. The second-order valence-electron chi connectivity index (χ2n) is 8.16. The first-order chi connectivity index (χ1) is 16.5. The molecule has 3 rings (SSSR count). The summed E-state index contributed by atoms with van der Waals surface area (Å²) in [6.45, 7) is 5.09. The van der Waals surface area contributed by atoms with Gasteiger partial charge in [-0.25, -0.2) is 5.01 Å². The van der Waals surface area contributed by atoms with Crippen molar-refractivity contribution in [2.75, 3.05) is 6.61 Å².